The highest BCUT2D eigenvalue weighted by Gasteiger charge is 2.40. The predicted molar refractivity (Wildman–Crippen MR) is 44.4 cm³/mol. The summed E-state index contributed by atoms with van der Waals surface area (Å²) >= 11 is 0. The van der Waals surface area contributed by atoms with Crippen LogP contribution < -0.4 is 11.5 Å². The molecule has 1 heterocycles. The van der Waals surface area contributed by atoms with Crippen LogP contribution in [-0.2, 0) is 14.4 Å². The quantitative estimate of drug-likeness (QED) is 0.355. The van der Waals surface area contributed by atoms with Crippen molar-refractivity contribution in [2.24, 2.45) is 11.5 Å². The molecule has 0 spiro atoms. The maximum atomic E-state index is 11.1. The zero-order valence-electron chi connectivity index (χ0n) is 7.14. The van der Waals surface area contributed by atoms with Crippen LogP contribution >= 0.6 is 0 Å². The molecule has 0 aliphatic carbocycles. The average Bonchev–Trinajstić information content (AvgIpc) is 2.27. The summed E-state index contributed by atoms with van der Waals surface area (Å²) in [5.41, 5.74) is 10.7. The smallest absolute Gasteiger partial charge is 0.308 e. The third-order valence-electron chi connectivity index (χ3n) is 1.66. The highest BCUT2D eigenvalue weighted by molar-refractivity contribution is 6.13. The first kappa shape index (κ1) is 10.4. The van der Waals surface area contributed by atoms with E-state index in [0.717, 1.165) is 12.2 Å². The van der Waals surface area contributed by atoms with E-state index in [1.54, 1.807) is 0 Å². The number of imide groups is 1. The Morgan fingerprint density at radius 2 is 1.79 bits per heavy atom. The van der Waals surface area contributed by atoms with Gasteiger partial charge in [0, 0.05) is 12.2 Å². The van der Waals surface area contributed by atoms with E-state index in [2.05, 4.69) is 0 Å². The minimum atomic E-state index is -1.98. The Kier molecular flexibility index (Phi) is 2.37. The molecule has 1 aliphatic heterocycles. The SMILES string of the molecule is NC(N)(CC(=O)O)N1C(=O)C=CC1=O. The molecule has 1 rings (SSSR count). The van der Waals surface area contributed by atoms with Crippen LogP contribution in [0.1, 0.15) is 6.42 Å². The van der Waals surface area contributed by atoms with Crippen molar-refractivity contribution in [1.82, 2.24) is 4.90 Å². The number of aliphatic carboxylic acids is 1. The molecule has 0 saturated carbocycles. The first-order chi connectivity index (χ1) is 6.34. The number of carbonyl (C=O) groups excluding carboxylic acids is 2. The lowest BCUT2D eigenvalue weighted by Crippen LogP contribution is -2.65. The second kappa shape index (κ2) is 3.20. The molecular formula is C7H9N3O4. The summed E-state index contributed by atoms with van der Waals surface area (Å²) in [4.78, 5) is 33.0. The van der Waals surface area contributed by atoms with Gasteiger partial charge in [0.25, 0.3) is 11.8 Å². The molecule has 7 heteroatoms. The first-order valence-corrected chi connectivity index (χ1v) is 3.70. The Hall–Kier alpha value is -1.73. The minimum absolute atomic E-state index is 0.515. The van der Waals surface area contributed by atoms with E-state index >= 15 is 0 Å². The van der Waals surface area contributed by atoms with Gasteiger partial charge >= 0.3 is 5.97 Å². The Morgan fingerprint density at radius 1 is 1.36 bits per heavy atom. The van der Waals surface area contributed by atoms with E-state index in [9.17, 15) is 14.4 Å². The van der Waals surface area contributed by atoms with E-state index in [4.69, 9.17) is 16.6 Å². The summed E-state index contributed by atoms with van der Waals surface area (Å²) < 4.78 is 0. The number of nitrogens with two attached hydrogens (primary N) is 2. The van der Waals surface area contributed by atoms with Gasteiger partial charge in [-0.05, 0) is 0 Å². The highest BCUT2D eigenvalue weighted by atomic mass is 16.4. The Bertz CT molecular complexity index is 316. The number of hydrogen-bond acceptors (Lipinski definition) is 5. The fraction of sp³-hybridized carbons (Fsp3) is 0.286. The van der Waals surface area contributed by atoms with Crippen LogP contribution in [0.3, 0.4) is 0 Å². The summed E-state index contributed by atoms with van der Waals surface area (Å²) in [7, 11) is 0. The monoisotopic (exact) mass is 199 g/mol. The number of carboxylic acids is 1. The molecule has 1 aliphatic rings. The van der Waals surface area contributed by atoms with E-state index in [1.165, 1.54) is 0 Å². The van der Waals surface area contributed by atoms with E-state index < -0.39 is 30.0 Å². The van der Waals surface area contributed by atoms with Gasteiger partial charge < -0.3 is 5.11 Å². The zero-order valence-corrected chi connectivity index (χ0v) is 7.14. The number of carbonyl (C=O) groups is 3. The molecule has 0 aromatic heterocycles. The van der Waals surface area contributed by atoms with Crippen LogP contribution in [0.25, 0.3) is 0 Å². The molecule has 0 unspecified atom stereocenters. The maximum absolute atomic E-state index is 11.1. The molecule has 7 nitrogen and oxygen atoms in total. The van der Waals surface area contributed by atoms with Crippen molar-refractivity contribution in [3.05, 3.63) is 12.2 Å². The molecule has 0 radical (unpaired) electrons. The topological polar surface area (TPSA) is 127 Å². The van der Waals surface area contributed by atoms with Crippen molar-refractivity contribution in [3.8, 4) is 0 Å². The van der Waals surface area contributed by atoms with Crippen LogP contribution in [0.2, 0.25) is 0 Å². The largest absolute Gasteiger partial charge is 0.481 e. The lowest BCUT2D eigenvalue weighted by atomic mass is 10.2. The van der Waals surface area contributed by atoms with E-state index in [0.29, 0.717) is 4.90 Å². The van der Waals surface area contributed by atoms with Crippen molar-refractivity contribution >= 4 is 17.8 Å². The molecule has 76 valence electrons. The third-order valence-corrected chi connectivity index (χ3v) is 1.66. The molecule has 14 heavy (non-hydrogen) atoms. The summed E-state index contributed by atoms with van der Waals surface area (Å²) in [6, 6.07) is 0. The van der Waals surface area contributed by atoms with Gasteiger partial charge in [-0.15, -0.1) is 0 Å². The fourth-order valence-corrected chi connectivity index (χ4v) is 1.13. The third kappa shape index (κ3) is 1.78. The van der Waals surface area contributed by atoms with Crippen LogP contribution in [0.15, 0.2) is 12.2 Å². The van der Waals surface area contributed by atoms with Crippen molar-refractivity contribution in [2.75, 3.05) is 0 Å². The van der Waals surface area contributed by atoms with Crippen LogP contribution in [-0.4, -0.2) is 33.6 Å². The van der Waals surface area contributed by atoms with Gasteiger partial charge in [0.2, 0.25) is 0 Å². The molecule has 2 amide bonds. The maximum Gasteiger partial charge on any atom is 0.308 e. The van der Waals surface area contributed by atoms with E-state index in [-0.39, 0.29) is 0 Å². The molecule has 0 saturated heterocycles. The second-order valence-electron chi connectivity index (χ2n) is 2.91. The first-order valence-electron chi connectivity index (χ1n) is 3.70. The number of nitrogens with zero attached hydrogens (tertiary/aromatic N) is 1. The summed E-state index contributed by atoms with van der Waals surface area (Å²) in [6.45, 7) is 0. The van der Waals surface area contributed by atoms with Crippen LogP contribution in [0.5, 0.6) is 0 Å². The normalized spacial score (nSPS) is 16.6. The van der Waals surface area contributed by atoms with Gasteiger partial charge in [0.1, 0.15) is 0 Å². The highest BCUT2D eigenvalue weighted by Crippen LogP contribution is 2.13. The van der Waals surface area contributed by atoms with Crippen molar-refractivity contribution in [2.45, 2.75) is 12.2 Å². The molecule has 5 N–H and O–H groups in total. The number of rotatable bonds is 3. The van der Waals surface area contributed by atoms with Crippen molar-refractivity contribution in [1.29, 1.82) is 0 Å². The van der Waals surface area contributed by atoms with Gasteiger partial charge in [-0.3, -0.25) is 25.9 Å². The lowest BCUT2D eigenvalue weighted by molar-refractivity contribution is -0.148. The predicted octanol–water partition coefficient (Wildman–Crippen LogP) is -2.04. The summed E-state index contributed by atoms with van der Waals surface area (Å²) in [5, 5.41) is 8.45. The Labute approximate surface area is 79.0 Å². The number of amides is 2. The van der Waals surface area contributed by atoms with Crippen LogP contribution in [0.4, 0.5) is 0 Å². The number of hydrogen-bond donors (Lipinski definition) is 3. The zero-order chi connectivity index (χ0) is 10.9. The van der Waals surface area contributed by atoms with Gasteiger partial charge in [0.15, 0.2) is 5.79 Å². The molecule has 0 fully saturated rings. The van der Waals surface area contributed by atoms with Gasteiger partial charge in [-0.1, -0.05) is 0 Å². The number of carboxylic acid groups (broad SMARTS) is 1. The Balaban J connectivity index is 2.87. The standard InChI is InChI=1S/C7H9N3O4/c8-7(9,3-6(13)14)10-4(11)1-2-5(10)12/h1-2H,3,8-9H2,(H,13,14). The Morgan fingerprint density at radius 3 is 2.14 bits per heavy atom. The fourth-order valence-electron chi connectivity index (χ4n) is 1.13. The van der Waals surface area contributed by atoms with Crippen molar-refractivity contribution in [3.63, 3.8) is 0 Å². The van der Waals surface area contributed by atoms with Gasteiger partial charge in [-0.25, -0.2) is 4.90 Å². The van der Waals surface area contributed by atoms with Crippen molar-refractivity contribution < 1.29 is 19.5 Å². The molecular weight excluding hydrogens is 190 g/mol. The van der Waals surface area contributed by atoms with Gasteiger partial charge in [-0.2, -0.15) is 0 Å². The molecule has 0 aromatic carbocycles. The lowest BCUT2D eigenvalue weighted by Gasteiger charge is -2.31. The molecule has 0 atom stereocenters. The second-order valence-corrected chi connectivity index (χ2v) is 2.91. The van der Waals surface area contributed by atoms with E-state index in [1.807, 2.05) is 0 Å². The minimum Gasteiger partial charge on any atom is -0.481 e. The molecule has 0 bridgehead atoms. The van der Waals surface area contributed by atoms with Gasteiger partial charge in [0.05, 0.1) is 6.42 Å². The van der Waals surface area contributed by atoms with Crippen LogP contribution in [0, 0.1) is 0 Å². The molecule has 0 aromatic rings. The average molecular weight is 199 g/mol. The summed E-state index contributed by atoms with van der Waals surface area (Å²) in [6.07, 6.45) is 1.27. The summed E-state index contributed by atoms with van der Waals surface area (Å²) in [5.74, 6) is -4.69.